The van der Waals surface area contributed by atoms with E-state index in [4.69, 9.17) is 0 Å². The number of carbonyl (C=O) groups excluding carboxylic acids is 3. The van der Waals surface area contributed by atoms with Crippen LogP contribution < -0.4 is 5.32 Å². The van der Waals surface area contributed by atoms with Crippen LogP contribution in [-0.4, -0.2) is 39.4 Å². The van der Waals surface area contributed by atoms with Crippen molar-refractivity contribution in [2.24, 2.45) is 5.92 Å². The van der Waals surface area contributed by atoms with Gasteiger partial charge < -0.3 is 5.32 Å². The summed E-state index contributed by atoms with van der Waals surface area (Å²) in [5.41, 5.74) is 0.849. The Morgan fingerprint density at radius 2 is 1.81 bits per heavy atom. The van der Waals surface area contributed by atoms with Gasteiger partial charge in [-0.3, -0.25) is 19.3 Å². The van der Waals surface area contributed by atoms with Crippen LogP contribution in [0.2, 0.25) is 0 Å². The maximum Gasteiger partial charge on any atom is 0.261 e. The molecule has 7 nitrogen and oxygen atoms in total. The van der Waals surface area contributed by atoms with E-state index in [9.17, 15) is 14.4 Å². The predicted octanol–water partition coefficient (Wildman–Crippen LogP) is 2.75. The normalized spacial score (nSPS) is 13.4. The Bertz CT molecular complexity index is 811. The van der Waals surface area contributed by atoms with E-state index in [1.807, 2.05) is 0 Å². The van der Waals surface area contributed by atoms with Gasteiger partial charge in [-0.15, -0.1) is 10.2 Å². The number of anilines is 1. The molecular formula is C18H20N4O3S. The minimum absolute atomic E-state index is 0.200. The molecule has 0 saturated heterocycles. The van der Waals surface area contributed by atoms with Gasteiger partial charge in [0.1, 0.15) is 5.01 Å². The third-order valence-corrected chi connectivity index (χ3v) is 4.82. The standard InChI is InChI=1S/C18H20N4O3S/c1-11(2)10-15-20-21-18(26-15)19-14(23)8-5-9-22-16(24)12-6-3-4-7-13(12)17(22)25/h3-4,6-7,11H,5,8-10H2,1-2H3,(H,19,21,23). The average molecular weight is 372 g/mol. The van der Waals surface area contributed by atoms with Crippen molar-refractivity contribution in [1.82, 2.24) is 15.1 Å². The highest BCUT2D eigenvalue weighted by Crippen LogP contribution is 2.23. The molecule has 3 rings (SSSR count). The first-order valence-corrected chi connectivity index (χ1v) is 9.35. The van der Waals surface area contributed by atoms with E-state index in [1.54, 1.807) is 24.3 Å². The monoisotopic (exact) mass is 372 g/mol. The Kier molecular flexibility index (Phi) is 5.41. The zero-order chi connectivity index (χ0) is 18.7. The van der Waals surface area contributed by atoms with Gasteiger partial charge in [-0.05, 0) is 24.5 Å². The van der Waals surface area contributed by atoms with Gasteiger partial charge in [0.15, 0.2) is 0 Å². The second kappa shape index (κ2) is 7.74. The number of hydrogen-bond donors (Lipinski definition) is 1. The third kappa shape index (κ3) is 3.96. The highest BCUT2D eigenvalue weighted by molar-refractivity contribution is 7.15. The minimum atomic E-state index is -0.298. The molecule has 26 heavy (non-hydrogen) atoms. The second-order valence-electron chi connectivity index (χ2n) is 6.56. The molecule has 0 radical (unpaired) electrons. The number of carbonyl (C=O) groups is 3. The molecule has 1 aromatic carbocycles. The highest BCUT2D eigenvalue weighted by Gasteiger charge is 2.34. The van der Waals surface area contributed by atoms with Gasteiger partial charge in [0, 0.05) is 19.4 Å². The van der Waals surface area contributed by atoms with Crippen LogP contribution in [0.1, 0.15) is 52.4 Å². The summed E-state index contributed by atoms with van der Waals surface area (Å²) in [7, 11) is 0. The molecule has 0 aliphatic carbocycles. The van der Waals surface area contributed by atoms with Crippen molar-refractivity contribution < 1.29 is 14.4 Å². The second-order valence-corrected chi connectivity index (χ2v) is 7.62. The molecule has 0 fully saturated rings. The summed E-state index contributed by atoms with van der Waals surface area (Å²) in [6, 6.07) is 6.76. The number of fused-ring (bicyclic) bond motifs is 1. The molecule has 1 aliphatic rings. The molecule has 0 saturated carbocycles. The Labute approximate surface area is 155 Å². The molecule has 0 atom stereocenters. The molecule has 1 N–H and O–H groups in total. The van der Waals surface area contributed by atoms with Crippen molar-refractivity contribution in [3.05, 3.63) is 40.4 Å². The number of hydrogen-bond acceptors (Lipinski definition) is 6. The van der Waals surface area contributed by atoms with Crippen LogP contribution in [0.15, 0.2) is 24.3 Å². The Morgan fingerprint density at radius 1 is 1.15 bits per heavy atom. The Hall–Kier alpha value is -2.61. The molecule has 0 unspecified atom stereocenters. The fourth-order valence-electron chi connectivity index (χ4n) is 2.76. The summed E-state index contributed by atoms with van der Waals surface area (Å²) in [6.07, 6.45) is 1.43. The molecule has 1 aromatic heterocycles. The van der Waals surface area contributed by atoms with Crippen LogP contribution in [0.5, 0.6) is 0 Å². The molecule has 136 valence electrons. The van der Waals surface area contributed by atoms with Crippen molar-refractivity contribution in [3.8, 4) is 0 Å². The largest absolute Gasteiger partial charge is 0.301 e. The first-order chi connectivity index (χ1) is 12.5. The summed E-state index contributed by atoms with van der Waals surface area (Å²) >= 11 is 1.37. The first kappa shape index (κ1) is 18.2. The SMILES string of the molecule is CC(C)Cc1nnc(NC(=O)CCCN2C(=O)c3ccccc3C2=O)s1. The van der Waals surface area contributed by atoms with E-state index >= 15 is 0 Å². The lowest BCUT2D eigenvalue weighted by Gasteiger charge is -2.13. The molecule has 1 aliphatic heterocycles. The van der Waals surface area contributed by atoms with E-state index in [2.05, 4.69) is 29.4 Å². The Morgan fingerprint density at radius 3 is 2.42 bits per heavy atom. The lowest BCUT2D eigenvalue weighted by atomic mass is 10.1. The van der Waals surface area contributed by atoms with Gasteiger partial charge in [-0.1, -0.05) is 37.3 Å². The average Bonchev–Trinajstić information content (AvgIpc) is 3.12. The molecule has 2 aromatic rings. The van der Waals surface area contributed by atoms with Crippen molar-refractivity contribution >= 4 is 34.2 Å². The topological polar surface area (TPSA) is 92.3 Å². The number of amides is 3. The van der Waals surface area contributed by atoms with Crippen LogP contribution in [0.25, 0.3) is 0 Å². The fourth-order valence-corrected chi connectivity index (χ4v) is 3.73. The molecular weight excluding hydrogens is 352 g/mol. The van der Waals surface area contributed by atoms with E-state index in [-0.39, 0.29) is 30.7 Å². The van der Waals surface area contributed by atoms with Crippen LogP contribution in [0.3, 0.4) is 0 Å². The summed E-state index contributed by atoms with van der Waals surface area (Å²) in [6.45, 7) is 4.41. The number of aromatic nitrogens is 2. The van der Waals surface area contributed by atoms with Crippen LogP contribution in [0, 0.1) is 5.92 Å². The van der Waals surface area contributed by atoms with Crippen molar-refractivity contribution in [3.63, 3.8) is 0 Å². The maximum absolute atomic E-state index is 12.3. The minimum Gasteiger partial charge on any atom is -0.301 e. The fraction of sp³-hybridized carbons (Fsp3) is 0.389. The van der Waals surface area contributed by atoms with Gasteiger partial charge in [0.25, 0.3) is 11.8 Å². The van der Waals surface area contributed by atoms with Crippen molar-refractivity contribution in [1.29, 1.82) is 0 Å². The summed E-state index contributed by atoms with van der Waals surface area (Å²) in [5, 5.41) is 12.1. The predicted molar refractivity (Wildman–Crippen MR) is 98.1 cm³/mol. The van der Waals surface area contributed by atoms with E-state index < -0.39 is 0 Å². The highest BCUT2D eigenvalue weighted by atomic mass is 32.1. The summed E-state index contributed by atoms with van der Waals surface area (Å²) < 4.78 is 0. The number of benzene rings is 1. The lowest BCUT2D eigenvalue weighted by molar-refractivity contribution is -0.116. The van der Waals surface area contributed by atoms with E-state index in [1.165, 1.54) is 16.2 Å². The van der Waals surface area contributed by atoms with E-state index in [0.29, 0.717) is 28.6 Å². The molecule has 0 spiro atoms. The first-order valence-electron chi connectivity index (χ1n) is 8.53. The number of nitrogens with zero attached hydrogens (tertiary/aromatic N) is 3. The van der Waals surface area contributed by atoms with Crippen LogP contribution in [0.4, 0.5) is 5.13 Å². The zero-order valence-corrected chi connectivity index (χ0v) is 15.5. The van der Waals surface area contributed by atoms with Crippen molar-refractivity contribution in [2.75, 3.05) is 11.9 Å². The van der Waals surface area contributed by atoms with Gasteiger partial charge in [-0.2, -0.15) is 0 Å². The van der Waals surface area contributed by atoms with Gasteiger partial charge in [0.05, 0.1) is 11.1 Å². The Balaban J connectivity index is 1.48. The van der Waals surface area contributed by atoms with Gasteiger partial charge >= 0.3 is 0 Å². The van der Waals surface area contributed by atoms with E-state index in [0.717, 1.165) is 11.4 Å². The smallest absolute Gasteiger partial charge is 0.261 e. The number of rotatable bonds is 7. The molecule has 0 bridgehead atoms. The van der Waals surface area contributed by atoms with Crippen molar-refractivity contribution in [2.45, 2.75) is 33.1 Å². The van der Waals surface area contributed by atoms with Gasteiger partial charge in [-0.25, -0.2) is 0 Å². The number of nitrogens with one attached hydrogen (secondary N) is 1. The van der Waals surface area contributed by atoms with Gasteiger partial charge in [0.2, 0.25) is 11.0 Å². The third-order valence-electron chi connectivity index (χ3n) is 3.96. The van der Waals surface area contributed by atoms with Crippen LogP contribution in [-0.2, 0) is 11.2 Å². The maximum atomic E-state index is 12.3. The molecule has 2 heterocycles. The quantitative estimate of drug-likeness (QED) is 0.755. The molecule has 3 amide bonds. The zero-order valence-electron chi connectivity index (χ0n) is 14.7. The number of imide groups is 1. The molecule has 8 heteroatoms. The lowest BCUT2D eigenvalue weighted by Crippen LogP contribution is -2.31. The summed E-state index contributed by atoms with van der Waals surface area (Å²) in [4.78, 5) is 37.7. The summed E-state index contributed by atoms with van der Waals surface area (Å²) in [5.74, 6) is -0.318. The van der Waals surface area contributed by atoms with Crippen LogP contribution >= 0.6 is 11.3 Å².